The third-order valence-corrected chi connectivity index (χ3v) is 3.62. The second-order valence-electron chi connectivity index (χ2n) is 5.82. The van der Waals surface area contributed by atoms with E-state index in [1.54, 1.807) is 6.92 Å². The van der Waals surface area contributed by atoms with Crippen LogP contribution in [0.2, 0.25) is 0 Å². The molecule has 0 aliphatic rings. The molecule has 2 aromatic rings. The first-order valence-corrected chi connectivity index (χ1v) is 8.30. The number of aryl methyl sites for hydroxylation is 2. The molecule has 0 spiro atoms. The Morgan fingerprint density at radius 1 is 1.08 bits per heavy atom. The summed E-state index contributed by atoms with van der Waals surface area (Å²) >= 11 is 0. The number of rotatable bonds is 6. The van der Waals surface area contributed by atoms with Gasteiger partial charge in [-0.3, -0.25) is 9.59 Å². The van der Waals surface area contributed by atoms with Crippen molar-refractivity contribution >= 4 is 17.6 Å². The van der Waals surface area contributed by atoms with E-state index in [1.807, 2.05) is 62.4 Å². The van der Waals surface area contributed by atoms with Crippen molar-refractivity contribution in [2.45, 2.75) is 33.4 Å². The number of para-hydroxylation sites is 1. The molecule has 0 aliphatic heterocycles. The van der Waals surface area contributed by atoms with Crippen LogP contribution in [0.5, 0.6) is 0 Å². The number of hydrogen-bond donors (Lipinski definition) is 3. The Morgan fingerprint density at radius 2 is 1.65 bits per heavy atom. The number of hydrogen-bond acceptors (Lipinski definition) is 5. The van der Waals surface area contributed by atoms with Crippen LogP contribution in [0.3, 0.4) is 0 Å². The summed E-state index contributed by atoms with van der Waals surface area (Å²) in [7, 11) is 0. The van der Waals surface area contributed by atoms with Gasteiger partial charge in [0.2, 0.25) is 0 Å². The van der Waals surface area contributed by atoms with E-state index in [-0.39, 0.29) is 12.5 Å². The van der Waals surface area contributed by atoms with Gasteiger partial charge in [-0.2, -0.15) is 0 Å². The van der Waals surface area contributed by atoms with Gasteiger partial charge in [-0.05, 0) is 37.5 Å². The van der Waals surface area contributed by atoms with Crippen LogP contribution in [-0.4, -0.2) is 29.6 Å². The Kier molecular flexibility index (Phi) is 8.87. The summed E-state index contributed by atoms with van der Waals surface area (Å²) in [6, 6.07) is 14.8. The van der Waals surface area contributed by atoms with Gasteiger partial charge in [0.25, 0.3) is 0 Å². The number of nitrogens with one attached hydrogen (secondary N) is 1. The fourth-order valence-electron chi connectivity index (χ4n) is 2.12. The highest BCUT2D eigenvalue weighted by atomic mass is 16.5. The predicted octanol–water partition coefficient (Wildman–Crippen LogP) is 2.88. The topological polar surface area (TPSA) is 102 Å². The average Bonchev–Trinajstić information content (AvgIpc) is 2.64. The van der Waals surface area contributed by atoms with Gasteiger partial charge in [-0.1, -0.05) is 48.5 Å². The first kappa shape index (κ1) is 21.2. The molecule has 0 unspecified atom stereocenters. The minimum atomic E-state index is -0.840. The number of aliphatic carboxylic acids is 1. The molecule has 1 atom stereocenters. The number of carbonyl (C=O) groups is 2. The highest BCUT2D eigenvalue weighted by Gasteiger charge is 2.12. The normalized spacial score (nSPS) is 10.9. The van der Waals surface area contributed by atoms with Crippen LogP contribution in [-0.2, 0) is 20.9 Å². The van der Waals surface area contributed by atoms with Gasteiger partial charge in [-0.15, -0.1) is 0 Å². The molecule has 6 heteroatoms. The van der Waals surface area contributed by atoms with Crippen molar-refractivity contribution in [3.05, 3.63) is 65.2 Å². The van der Waals surface area contributed by atoms with Crippen LogP contribution < -0.4 is 11.1 Å². The fourth-order valence-corrected chi connectivity index (χ4v) is 2.12. The second-order valence-corrected chi connectivity index (χ2v) is 5.82. The van der Waals surface area contributed by atoms with E-state index in [0.29, 0.717) is 6.61 Å². The zero-order valence-corrected chi connectivity index (χ0v) is 15.4. The van der Waals surface area contributed by atoms with E-state index in [9.17, 15) is 9.59 Å². The molecule has 26 heavy (non-hydrogen) atoms. The Balaban J connectivity index is 0.000000263. The molecule has 6 nitrogen and oxygen atoms in total. The molecule has 0 saturated heterocycles. The minimum absolute atomic E-state index is 0.0627. The van der Waals surface area contributed by atoms with Crippen LogP contribution in [0.25, 0.3) is 0 Å². The molecular formula is C20H26N2O4. The summed E-state index contributed by atoms with van der Waals surface area (Å²) in [6.45, 7) is 5.80. The maximum absolute atomic E-state index is 10.7. The maximum atomic E-state index is 10.7. The smallest absolute Gasteiger partial charge is 0.325 e. The van der Waals surface area contributed by atoms with Crippen molar-refractivity contribution in [1.82, 2.24) is 0 Å². The monoisotopic (exact) mass is 358 g/mol. The molecule has 140 valence electrons. The lowest BCUT2D eigenvalue weighted by Gasteiger charge is -2.15. The largest absolute Gasteiger partial charge is 0.480 e. The van der Waals surface area contributed by atoms with E-state index in [2.05, 4.69) is 5.32 Å². The summed E-state index contributed by atoms with van der Waals surface area (Å²) < 4.78 is 4.81. The fraction of sp³-hybridized carbons (Fsp3) is 0.300. The number of ether oxygens (including phenoxy) is 1. The zero-order chi connectivity index (χ0) is 19.5. The van der Waals surface area contributed by atoms with Gasteiger partial charge < -0.3 is 20.9 Å². The van der Waals surface area contributed by atoms with Gasteiger partial charge >= 0.3 is 11.9 Å². The third-order valence-electron chi connectivity index (χ3n) is 3.62. The number of esters is 1. The lowest BCUT2D eigenvalue weighted by molar-refractivity contribution is -0.143. The number of carbonyl (C=O) groups excluding carboxylic acids is 1. The summed E-state index contributed by atoms with van der Waals surface area (Å²) in [5.74, 6) is -1.22. The van der Waals surface area contributed by atoms with Gasteiger partial charge in [-0.25, -0.2) is 0 Å². The standard InChI is InChI=1S/C11H15NO2.C9H11NO2/c1-7-5-4-6-8(2)10(7)12-9(3)11(13)14;10-6-9(11)12-7-8-4-2-1-3-5-8/h4-6,9,12H,1-3H3,(H,13,14);1-5H,6-7,10H2/t9-;/m0./s1. The molecular weight excluding hydrogens is 332 g/mol. The molecule has 2 aromatic carbocycles. The molecule has 0 radical (unpaired) electrons. The molecule has 2 rings (SSSR count). The average molecular weight is 358 g/mol. The van der Waals surface area contributed by atoms with Crippen molar-refractivity contribution in [1.29, 1.82) is 0 Å². The van der Waals surface area contributed by atoms with Crippen molar-refractivity contribution in [2.75, 3.05) is 11.9 Å². The zero-order valence-electron chi connectivity index (χ0n) is 15.4. The molecule has 0 bridgehead atoms. The molecule has 4 N–H and O–H groups in total. The van der Waals surface area contributed by atoms with Gasteiger partial charge in [0, 0.05) is 5.69 Å². The third kappa shape index (κ3) is 7.36. The van der Waals surface area contributed by atoms with E-state index in [4.69, 9.17) is 15.6 Å². The quantitative estimate of drug-likeness (QED) is 0.686. The van der Waals surface area contributed by atoms with Gasteiger partial charge in [0.1, 0.15) is 12.6 Å². The van der Waals surface area contributed by atoms with E-state index < -0.39 is 12.0 Å². The SMILES string of the molecule is Cc1cccc(C)c1N[C@@H](C)C(=O)O.NCC(=O)OCc1ccccc1. The second kappa shape index (κ2) is 10.9. The maximum Gasteiger partial charge on any atom is 0.325 e. The summed E-state index contributed by atoms with van der Waals surface area (Å²) in [6.07, 6.45) is 0. The molecule has 0 aromatic heterocycles. The van der Waals surface area contributed by atoms with Crippen LogP contribution in [0.4, 0.5) is 5.69 Å². The number of anilines is 1. The van der Waals surface area contributed by atoms with Crippen LogP contribution in [0.1, 0.15) is 23.6 Å². The summed E-state index contributed by atoms with van der Waals surface area (Å²) in [4.78, 5) is 21.3. The Labute approximate surface area is 154 Å². The Hall–Kier alpha value is -2.86. The summed E-state index contributed by atoms with van der Waals surface area (Å²) in [5, 5.41) is 11.7. The van der Waals surface area contributed by atoms with Crippen LogP contribution >= 0.6 is 0 Å². The molecule has 0 fully saturated rings. The van der Waals surface area contributed by atoms with Gasteiger partial charge in [0.15, 0.2) is 0 Å². The van der Waals surface area contributed by atoms with Crippen LogP contribution in [0, 0.1) is 13.8 Å². The lowest BCUT2D eigenvalue weighted by Crippen LogP contribution is -2.26. The van der Waals surface area contributed by atoms with Crippen LogP contribution in [0.15, 0.2) is 48.5 Å². The molecule has 0 saturated carbocycles. The molecule has 0 amide bonds. The Bertz CT molecular complexity index is 697. The first-order chi connectivity index (χ1) is 12.3. The molecule has 0 aliphatic carbocycles. The first-order valence-electron chi connectivity index (χ1n) is 8.30. The van der Waals surface area contributed by atoms with Crippen molar-refractivity contribution in [3.8, 4) is 0 Å². The van der Waals surface area contributed by atoms with E-state index >= 15 is 0 Å². The minimum Gasteiger partial charge on any atom is -0.480 e. The van der Waals surface area contributed by atoms with Gasteiger partial charge in [0.05, 0.1) is 6.54 Å². The van der Waals surface area contributed by atoms with E-state index in [0.717, 1.165) is 22.4 Å². The van der Waals surface area contributed by atoms with Crippen molar-refractivity contribution < 1.29 is 19.4 Å². The number of carboxylic acid groups (broad SMARTS) is 1. The van der Waals surface area contributed by atoms with Crippen molar-refractivity contribution in [2.24, 2.45) is 5.73 Å². The lowest BCUT2D eigenvalue weighted by atomic mass is 10.1. The highest BCUT2D eigenvalue weighted by Crippen LogP contribution is 2.20. The Morgan fingerprint density at radius 3 is 2.15 bits per heavy atom. The highest BCUT2D eigenvalue weighted by molar-refractivity contribution is 5.77. The summed E-state index contributed by atoms with van der Waals surface area (Å²) in [5.41, 5.74) is 9.09. The predicted molar refractivity (Wildman–Crippen MR) is 102 cm³/mol. The van der Waals surface area contributed by atoms with Crippen molar-refractivity contribution in [3.63, 3.8) is 0 Å². The van der Waals surface area contributed by atoms with E-state index in [1.165, 1.54) is 0 Å². The molecule has 0 heterocycles. The number of nitrogens with two attached hydrogens (primary N) is 1. The number of carboxylic acids is 1. The number of benzene rings is 2.